The summed E-state index contributed by atoms with van der Waals surface area (Å²) in [6, 6.07) is 3.52. The van der Waals surface area contributed by atoms with Gasteiger partial charge in [0.2, 0.25) is 5.88 Å². The molecule has 1 aliphatic rings. The van der Waals surface area contributed by atoms with E-state index in [1.54, 1.807) is 29.4 Å². The molecule has 29 heavy (non-hydrogen) atoms. The maximum Gasteiger partial charge on any atom is 0.410 e. The summed E-state index contributed by atoms with van der Waals surface area (Å²) in [6.45, 7) is 7.20. The quantitative estimate of drug-likeness (QED) is 0.706. The van der Waals surface area contributed by atoms with Crippen molar-refractivity contribution >= 4 is 12.1 Å². The highest BCUT2D eigenvalue weighted by atomic mass is 16.6. The van der Waals surface area contributed by atoms with Crippen LogP contribution >= 0.6 is 0 Å². The lowest BCUT2D eigenvalue weighted by Crippen LogP contribution is -2.53. The van der Waals surface area contributed by atoms with Gasteiger partial charge in [-0.1, -0.05) is 0 Å². The zero-order valence-corrected chi connectivity index (χ0v) is 16.9. The molecule has 0 radical (unpaired) electrons. The molecule has 1 amide bonds. The van der Waals surface area contributed by atoms with Crippen molar-refractivity contribution in [1.82, 2.24) is 19.9 Å². The number of carbonyl (C=O) groups excluding carboxylic acids is 2. The van der Waals surface area contributed by atoms with Gasteiger partial charge in [-0.3, -0.25) is 4.98 Å². The Kier molecular flexibility index (Phi) is 5.95. The minimum absolute atomic E-state index is 0.129. The number of amides is 1. The molecular formula is C20H24N4O5. The molecule has 2 aromatic heterocycles. The molecule has 9 nitrogen and oxygen atoms in total. The van der Waals surface area contributed by atoms with Crippen LogP contribution in [0, 0.1) is 5.92 Å². The van der Waals surface area contributed by atoms with Crippen molar-refractivity contribution in [2.45, 2.75) is 26.4 Å². The van der Waals surface area contributed by atoms with E-state index in [4.69, 9.17) is 9.47 Å². The van der Waals surface area contributed by atoms with Gasteiger partial charge >= 0.3 is 12.1 Å². The number of rotatable bonds is 5. The molecule has 3 heterocycles. The Labute approximate surface area is 169 Å². The molecule has 1 aliphatic heterocycles. The number of hydrogen-bond donors (Lipinski definition) is 0. The Bertz CT molecular complexity index is 873. The molecule has 0 atom stereocenters. The highest BCUT2D eigenvalue weighted by molar-refractivity contribution is 5.87. The third kappa shape index (κ3) is 5.40. The standard InChI is InChI=1S/C20H24N4O5/c1-20(2,3)29-19(26)24-10-13(11-24)12-28-17-6-5-14(7-22-17)15-8-21-9-16(23-15)18(25)27-4/h5-9,13H,10-12H2,1-4H3. The number of esters is 1. The largest absolute Gasteiger partial charge is 0.477 e. The van der Waals surface area contributed by atoms with Crippen LogP contribution in [0.25, 0.3) is 11.3 Å². The van der Waals surface area contributed by atoms with Gasteiger partial charge in [0.05, 0.1) is 31.8 Å². The van der Waals surface area contributed by atoms with Crippen molar-refractivity contribution in [3.05, 3.63) is 36.4 Å². The van der Waals surface area contributed by atoms with Crippen LogP contribution in [-0.4, -0.2) is 64.3 Å². The number of methoxy groups -OCH3 is 1. The van der Waals surface area contributed by atoms with E-state index in [0.29, 0.717) is 36.8 Å². The zero-order chi connectivity index (χ0) is 21.0. The summed E-state index contributed by atoms with van der Waals surface area (Å²) in [5, 5.41) is 0. The topological polar surface area (TPSA) is 104 Å². The minimum Gasteiger partial charge on any atom is -0.477 e. The molecule has 1 fully saturated rings. The minimum atomic E-state index is -0.548. The molecule has 1 saturated heterocycles. The van der Waals surface area contributed by atoms with Gasteiger partial charge in [0.25, 0.3) is 0 Å². The lowest BCUT2D eigenvalue weighted by molar-refractivity contribution is -0.00808. The van der Waals surface area contributed by atoms with Crippen molar-refractivity contribution in [3.8, 4) is 17.1 Å². The molecule has 0 bridgehead atoms. The number of likely N-dealkylation sites (tertiary alicyclic amines) is 1. The van der Waals surface area contributed by atoms with Gasteiger partial charge in [-0.2, -0.15) is 0 Å². The molecule has 0 aliphatic carbocycles. The number of nitrogens with zero attached hydrogens (tertiary/aromatic N) is 4. The first-order valence-electron chi connectivity index (χ1n) is 9.22. The highest BCUT2D eigenvalue weighted by Gasteiger charge is 2.34. The molecule has 154 valence electrons. The summed E-state index contributed by atoms with van der Waals surface area (Å²) < 4.78 is 15.7. The van der Waals surface area contributed by atoms with Crippen LogP contribution in [0.3, 0.4) is 0 Å². The van der Waals surface area contributed by atoms with Crippen LogP contribution in [0.4, 0.5) is 4.79 Å². The number of aromatic nitrogens is 3. The number of pyridine rings is 1. The highest BCUT2D eigenvalue weighted by Crippen LogP contribution is 2.22. The maximum atomic E-state index is 11.9. The van der Waals surface area contributed by atoms with Crippen LogP contribution in [0.2, 0.25) is 0 Å². The fourth-order valence-electron chi connectivity index (χ4n) is 2.68. The molecule has 0 saturated carbocycles. The Morgan fingerprint density at radius 2 is 1.93 bits per heavy atom. The van der Waals surface area contributed by atoms with Crippen molar-refractivity contribution in [1.29, 1.82) is 0 Å². The fourth-order valence-corrected chi connectivity index (χ4v) is 2.68. The van der Waals surface area contributed by atoms with E-state index in [2.05, 4.69) is 19.7 Å². The van der Waals surface area contributed by atoms with Crippen LogP contribution < -0.4 is 4.74 Å². The fraction of sp³-hybridized carbons (Fsp3) is 0.450. The SMILES string of the molecule is COC(=O)c1cncc(-c2ccc(OCC3CN(C(=O)OC(C)(C)C)C3)nc2)n1. The molecule has 2 aromatic rings. The smallest absolute Gasteiger partial charge is 0.410 e. The molecule has 0 aromatic carbocycles. The van der Waals surface area contributed by atoms with E-state index < -0.39 is 11.6 Å². The predicted octanol–water partition coefficient (Wildman–Crippen LogP) is 2.57. The van der Waals surface area contributed by atoms with Gasteiger partial charge in [-0.15, -0.1) is 0 Å². The average Bonchev–Trinajstić information content (AvgIpc) is 2.65. The van der Waals surface area contributed by atoms with Crippen molar-refractivity contribution in [2.24, 2.45) is 5.92 Å². The van der Waals surface area contributed by atoms with Gasteiger partial charge in [0, 0.05) is 36.8 Å². The summed E-state index contributed by atoms with van der Waals surface area (Å²) in [7, 11) is 1.29. The molecule has 0 spiro atoms. The van der Waals surface area contributed by atoms with Crippen molar-refractivity contribution in [2.75, 3.05) is 26.8 Å². The zero-order valence-electron chi connectivity index (χ0n) is 16.9. The number of ether oxygens (including phenoxy) is 3. The van der Waals surface area contributed by atoms with Crippen LogP contribution in [0.1, 0.15) is 31.3 Å². The van der Waals surface area contributed by atoms with E-state index >= 15 is 0 Å². The Balaban J connectivity index is 1.50. The Morgan fingerprint density at radius 1 is 1.17 bits per heavy atom. The third-order valence-electron chi connectivity index (χ3n) is 4.14. The summed E-state index contributed by atoms with van der Waals surface area (Å²) in [5.41, 5.74) is 0.851. The summed E-state index contributed by atoms with van der Waals surface area (Å²) in [4.78, 5) is 37.7. The van der Waals surface area contributed by atoms with E-state index in [-0.39, 0.29) is 17.7 Å². The average molecular weight is 400 g/mol. The summed E-state index contributed by atoms with van der Waals surface area (Å²) in [6.07, 6.45) is 4.20. The Morgan fingerprint density at radius 3 is 2.55 bits per heavy atom. The molecule has 3 rings (SSSR count). The van der Waals surface area contributed by atoms with Gasteiger partial charge in [-0.05, 0) is 26.8 Å². The number of carbonyl (C=O) groups is 2. The molecule has 9 heteroatoms. The maximum absolute atomic E-state index is 11.9. The summed E-state index contributed by atoms with van der Waals surface area (Å²) in [5.74, 6) is 0.168. The van der Waals surface area contributed by atoms with Crippen LogP contribution in [0.15, 0.2) is 30.7 Å². The predicted molar refractivity (Wildman–Crippen MR) is 103 cm³/mol. The third-order valence-corrected chi connectivity index (χ3v) is 4.14. The van der Waals surface area contributed by atoms with Crippen LogP contribution in [0.5, 0.6) is 5.88 Å². The second-order valence-corrected chi connectivity index (χ2v) is 7.73. The van der Waals surface area contributed by atoms with E-state index in [1.165, 1.54) is 13.3 Å². The van der Waals surface area contributed by atoms with Crippen LogP contribution in [-0.2, 0) is 9.47 Å². The first kappa shape index (κ1) is 20.5. The lowest BCUT2D eigenvalue weighted by Gasteiger charge is -2.39. The van der Waals surface area contributed by atoms with Gasteiger partial charge in [-0.25, -0.2) is 19.6 Å². The van der Waals surface area contributed by atoms with E-state index in [0.717, 1.165) is 0 Å². The second kappa shape index (κ2) is 8.42. The molecular weight excluding hydrogens is 376 g/mol. The van der Waals surface area contributed by atoms with E-state index in [9.17, 15) is 9.59 Å². The van der Waals surface area contributed by atoms with Gasteiger partial charge < -0.3 is 19.1 Å². The monoisotopic (exact) mass is 400 g/mol. The summed E-state index contributed by atoms with van der Waals surface area (Å²) >= 11 is 0. The molecule has 0 unspecified atom stereocenters. The Hall–Kier alpha value is -3.23. The first-order chi connectivity index (χ1) is 13.7. The first-order valence-corrected chi connectivity index (χ1v) is 9.22. The van der Waals surface area contributed by atoms with Gasteiger partial charge in [0.1, 0.15) is 5.60 Å². The number of hydrogen-bond acceptors (Lipinski definition) is 8. The second-order valence-electron chi connectivity index (χ2n) is 7.73. The van der Waals surface area contributed by atoms with E-state index in [1.807, 2.05) is 20.8 Å². The lowest BCUT2D eigenvalue weighted by atomic mass is 10.0. The van der Waals surface area contributed by atoms with Crippen molar-refractivity contribution in [3.63, 3.8) is 0 Å². The van der Waals surface area contributed by atoms with Crippen molar-refractivity contribution < 1.29 is 23.8 Å². The molecule has 0 N–H and O–H groups in total. The van der Waals surface area contributed by atoms with Gasteiger partial charge in [0.15, 0.2) is 5.69 Å². The normalized spacial score (nSPS) is 14.1.